The van der Waals surface area contributed by atoms with Gasteiger partial charge in [0.05, 0.1) is 5.56 Å². The fourth-order valence-electron chi connectivity index (χ4n) is 1.55. The van der Waals surface area contributed by atoms with Crippen molar-refractivity contribution in [2.24, 2.45) is 5.92 Å². The first kappa shape index (κ1) is 13.8. The second kappa shape index (κ2) is 5.87. The monoisotopic (exact) mass is 242 g/mol. The number of carbonyl (C=O) groups excluding carboxylic acids is 1. The van der Waals surface area contributed by atoms with Gasteiger partial charge < -0.3 is 4.74 Å². The SMILES string of the molecule is COCCC(C)C(=O)c1c(F)ccc(C)c1F. The summed E-state index contributed by atoms with van der Waals surface area (Å²) < 4.78 is 32.0. The maximum Gasteiger partial charge on any atom is 0.171 e. The van der Waals surface area contributed by atoms with Gasteiger partial charge in [0.1, 0.15) is 11.6 Å². The van der Waals surface area contributed by atoms with E-state index in [0.29, 0.717) is 13.0 Å². The predicted octanol–water partition coefficient (Wildman–Crippen LogP) is 3.13. The lowest BCUT2D eigenvalue weighted by molar-refractivity contribution is 0.0885. The Balaban J connectivity index is 2.99. The molecule has 0 fully saturated rings. The molecule has 1 aromatic carbocycles. The summed E-state index contributed by atoms with van der Waals surface area (Å²) in [6, 6.07) is 2.44. The van der Waals surface area contributed by atoms with Crippen LogP contribution >= 0.6 is 0 Å². The van der Waals surface area contributed by atoms with E-state index in [0.717, 1.165) is 6.07 Å². The van der Waals surface area contributed by atoms with Gasteiger partial charge in [0.15, 0.2) is 5.78 Å². The summed E-state index contributed by atoms with van der Waals surface area (Å²) >= 11 is 0. The van der Waals surface area contributed by atoms with Gasteiger partial charge in [-0.15, -0.1) is 0 Å². The zero-order valence-corrected chi connectivity index (χ0v) is 10.2. The molecule has 0 saturated carbocycles. The Hall–Kier alpha value is -1.29. The molecule has 1 unspecified atom stereocenters. The third-order valence-electron chi connectivity index (χ3n) is 2.73. The molecule has 94 valence electrons. The van der Waals surface area contributed by atoms with Crippen molar-refractivity contribution in [1.29, 1.82) is 0 Å². The van der Waals surface area contributed by atoms with Gasteiger partial charge in [0, 0.05) is 19.6 Å². The summed E-state index contributed by atoms with van der Waals surface area (Å²) in [7, 11) is 1.52. The lowest BCUT2D eigenvalue weighted by Gasteiger charge is -2.12. The van der Waals surface area contributed by atoms with E-state index < -0.39 is 28.9 Å². The lowest BCUT2D eigenvalue weighted by atomic mass is 9.95. The molecule has 0 aliphatic carbocycles. The molecular weight excluding hydrogens is 226 g/mol. The summed E-state index contributed by atoms with van der Waals surface area (Å²) in [6.07, 6.45) is 0.447. The highest BCUT2D eigenvalue weighted by atomic mass is 19.1. The van der Waals surface area contributed by atoms with E-state index >= 15 is 0 Å². The van der Waals surface area contributed by atoms with Crippen molar-refractivity contribution >= 4 is 5.78 Å². The third-order valence-corrected chi connectivity index (χ3v) is 2.73. The van der Waals surface area contributed by atoms with E-state index in [9.17, 15) is 13.6 Å². The van der Waals surface area contributed by atoms with Crippen LogP contribution in [-0.4, -0.2) is 19.5 Å². The van der Waals surface area contributed by atoms with Gasteiger partial charge in [-0.3, -0.25) is 4.79 Å². The molecule has 0 bridgehead atoms. The number of halogens is 2. The second-order valence-electron chi connectivity index (χ2n) is 4.10. The normalized spacial score (nSPS) is 12.5. The highest BCUT2D eigenvalue weighted by molar-refractivity contribution is 5.98. The zero-order valence-electron chi connectivity index (χ0n) is 10.2. The number of aryl methyl sites for hydroxylation is 1. The van der Waals surface area contributed by atoms with Crippen LogP contribution < -0.4 is 0 Å². The molecular formula is C13H16F2O2. The average Bonchev–Trinajstić information content (AvgIpc) is 2.31. The smallest absolute Gasteiger partial charge is 0.171 e. The number of carbonyl (C=O) groups is 1. The van der Waals surface area contributed by atoms with Crippen LogP contribution in [0, 0.1) is 24.5 Å². The standard InChI is InChI=1S/C13H16F2O2/c1-8-4-5-10(14)11(12(8)15)13(16)9(2)6-7-17-3/h4-5,9H,6-7H2,1-3H3. The molecule has 0 radical (unpaired) electrons. The molecule has 0 spiro atoms. The fraction of sp³-hybridized carbons (Fsp3) is 0.462. The number of Topliss-reactive ketones (excluding diaryl/α,β-unsaturated/α-hetero) is 1. The van der Waals surface area contributed by atoms with Crippen LogP contribution in [0.4, 0.5) is 8.78 Å². The van der Waals surface area contributed by atoms with E-state index in [1.54, 1.807) is 6.92 Å². The van der Waals surface area contributed by atoms with Crippen molar-refractivity contribution in [2.75, 3.05) is 13.7 Å². The first-order valence-corrected chi connectivity index (χ1v) is 5.46. The number of benzene rings is 1. The number of methoxy groups -OCH3 is 1. The summed E-state index contributed by atoms with van der Waals surface area (Å²) in [5, 5.41) is 0. The summed E-state index contributed by atoms with van der Waals surface area (Å²) in [4.78, 5) is 11.9. The van der Waals surface area contributed by atoms with Gasteiger partial charge in [0.2, 0.25) is 0 Å². The number of ketones is 1. The summed E-state index contributed by atoms with van der Waals surface area (Å²) in [5.74, 6) is -2.54. The van der Waals surface area contributed by atoms with Crippen LogP contribution in [-0.2, 0) is 4.74 Å². The van der Waals surface area contributed by atoms with Crippen LogP contribution in [0.25, 0.3) is 0 Å². The molecule has 0 saturated heterocycles. The molecule has 0 heterocycles. The molecule has 17 heavy (non-hydrogen) atoms. The molecule has 0 N–H and O–H groups in total. The van der Waals surface area contributed by atoms with Gasteiger partial charge in [-0.05, 0) is 25.0 Å². The Kier molecular flexibility index (Phi) is 4.75. The van der Waals surface area contributed by atoms with Crippen LogP contribution in [0.15, 0.2) is 12.1 Å². The maximum absolute atomic E-state index is 13.7. The highest BCUT2D eigenvalue weighted by Crippen LogP contribution is 2.21. The van der Waals surface area contributed by atoms with Gasteiger partial charge in [-0.25, -0.2) is 8.78 Å². The van der Waals surface area contributed by atoms with Crippen molar-refractivity contribution in [1.82, 2.24) is 0 Å². The quantitative estimate of drug-likeness (QED) is 0.741. The summed E-state index contributed by atoms with van der Waals surface area (Å²) in [6.45, 7) is 3.54. The van der Waals surface area contributed by atoms with E-state index in [1.165, 1.54) is 20.1 Å². The second-order valence-corrected chi connectivity index (χ2v) is 4.10. The molecule has 2 nitrogen and oxygen atoms in total. The van der Waals surface area contributed by atoms with Crippen molar-refractivity contribution < 1.29 is 18.3 Å². The fourth-order valence-corrected chi connectivity index (χ4v) is 1.55. The van der Waals surface area contributed by atoms with Gasteiger partial charge >= 0.3 is 0 Å². The van der Waals surface area contributed by atoms with Crippen molar-refractivity contribution in [3.05, 3.63) is 34.9 Å². The topological polar surface area (TPSA) is 26.3 Å². The Morgan fingerprint density at radius 2 is 2.06 bits per heavy atom. The van der Waals surface area contributed by atoms with Crippen molar-refractivity contribution in [3.63, 3.8) is 0 Å². The lowest BCUT2D eigenvalue weighted by Crippen LogP contribution is -2.17. The Morgan fingerprint density at radius 1 is 1.41 bits per heavy atom. The number of rotatable bonds is 5. The minimum atomic E-state index is -0.803. The molecule has 0 aliphatic rings. The maximum atomic E-state index is 13.7. The molecule has 0 aromatic heterocycles. The minimum Gasteiger partial charge on any atom is -0.385 e. The Labute approximate surface area is 99.6 Å². The van der Waals surface area contributed by atoms with E-state index in [1.807, 2.05) is 0 Å². The average molecular weight is 242 g/mol. The number of ether oxygens (including phenoxy) is 1. The van der Waals surface area contributed by atoms with Crippen molar-refractivity contribution in [3.8, 4) is 0 Å². The van der Waals surface area contributed by atoms with E-state index in [-0.39, 0.29) is 5.56 Å². The molecule has 0 amide bonds. The largest absolute Gasteiger partial charge is 0.385 e. The summed E-state index contributed by atoms with van der Waals surface area (Å²) in [5.41, 5.74) is -0.165. The van der Waals surface area contributed by atoms with Crippen LogP contribution in [0.3, 0.4) is 0 Å². The van der Waals surface area contributed by atoms with Crippen molar-refractivity contribution in [2.45, 2.75) is 20.3 Å². The predicted molar refractivity (Wildman–Crippen MR) is 61.1 cm³/mol. The molecule has 1 rings (SSSR count). The Morgan fingerprint density at radius 3 is 2.65 bits per heavy atom. The first-order valence-electron chi connectivity index (χ1n) is 5.46. The van der Waals surface area contributed by atoms with Crippen LogP contribution in [0.2, 0.25) is 0 Å². The third kappa shape index (κ3) is 3.09. The first-order chi connectivity index (χ1) is 7.99. The van der Waals surface area contributed by atoms with Gasteiger partial charge in [-0.1, -0.05) is 13.0 Å². The Bertz CT molecular complexity index is 416. The van der Waals surface area contributed by atoms with Gasteiger partial charge in [0.25, 0.3) is 0 Å². The molecule has 1 aromatic rings. The van der Waals surface area contributed by atoms with Crippen LogP contribution in [0.5, 0.6) is 0 Å². The zero-order chi connectivity index (χ0) is 13.0. The van der Waals surface area contributed by atoms with E-state index in [4.69, 9.17) is 4.74 Å². The molecule has 4 heteroatoms. The number of hydrogen-bond donors (Lipinski definition) is 0. The van der Waals surface area contributed by atoms with E-state index in [2.05, 4.69) is 0 Å². The van der Waals surface area contributed by atoms with Gasteiger partial charge in [-0.2, -0.15) is 0 Å². The molecule has 1 atom stereocenters. The molecule has 0 aliphatic heterocycles. The minimum absolute atomic E-state index is 0.272. The van der Waals surface area contributed by atoms with Crippen LogP contribution in [0.1, 0.15) is 29.3 Å². The number of hydrogen-bond acceptors (Lipinski definition) is 2. The highest BCUT2D eigenvalue weighted by Gasteiger charge is 2.23.